The predicted octanol–water partition coefficient (Wildman–Crippen LogP) is 3.64. The zero-order valence-corrected chi connectivity index (χ0v) is 11.1. The van der Waals surface area contributed by atoms with Gasteiger partial charge in [-0.3, -0.25) is 4.98 Å². The molecule has 0 aliphatic carbocycles. The van der Waals surface area contributed by atoms with Crippen LogP contribution < -0.4 is 5.73 Å². The van der Waals surface area contributed by atoms with Crippen molar-refractivity contribution < 1.29 is 4.42 Å². The summed E-state index contributed by atoms with van der Waals surface area (Å²) < 4.78 is 6.67. The first-order valence-electron chi connectivity index (χ1n) is 5.59. The molecule has 0 aliphatic heterocycles. The molecule has 3 nitrogen and oxygen atoms in total. The van der Waals surface area contributed by atoms with Gasteiger partial charge in [-0.25, -0.2) is 0 Å². The second-order valence-corrected chi connectivity index (χ2v) is 4.98. The molecule has 0 saturated heterocycles. The number of aromatic nitrogens is 1. The number of pyridine rings is 1. The summed E-state index contributed by atoms with van der Waals surface area (Å²) in [5.41, 5.74) is 7.80. The van der Waals surface area contributed by atoms with E-state index >= 15 is 0 Å². The van der Waals surface area contributed by atoms with Crippen molar-refractivity contribution in [1.82, 2.24) is 4.98 Å². The van der Waals surface area contributed by atoms with Gasteiger partial charge in [-0.05, 0) is 40.2 Å². The molecule has 0 radical (unpaired) electrons. The number of nitrogens with two attached hydrogens (primary N) is 1. The number of hydrogen-bond donors (Lipinski definition) is 1. The Morgan fingerprint density at radius 1 is 1.17 bits per heavy atom. The van der Waals surface area contributed by atoms with E-state index in [1.807, 2.05) is 42.5 Å². The molecule has 1 aromatic carbocycles. The summed E-state index contributed by atoms with van der Waals surface area (Å²) in [5.74, 6) is 0.728. The Balaban J connectivity index is 2.00. The Morgan fingerprint density at radius 2 is 2.00 bits per heavy atom. The molecule has 2 N–H and O–H groups in total. The molecule has 90 valence electrons. The van der Waals surface area contributed by atoms with Crippen molar-refractivity contribution in [1.29, 1.82) is 0 Å². The fourth-order valence-electron chi connectivity index (χ4n) is 1.87. The maximum atomic E-state index is 6.16. The summed E-state index contributed by atoms with van der Waals surface area (Å²) in [6, 6.07) is 13.3. The van der Waals surface area contributed by atoms with E-state index in [1.165, 1.54) is 0 Å². The quantitative estimate of drug-likeness (QED) is 0.786. The van der Waals surface area contributed by atoms with Crippen LogP contribution in [0.5, 0.6) is 0 Å². The molecule has 0 saturated carbocycles. The van der Waals surface area contributed by atoms with Crippen molar-refractivity contribution in [3.63, 3.8) is 0 Å². The van der Waals surface area contributed by atoms with Crippen LogP contribution in [0, 0.1) is 0 Å². The van der Waals surface area contributed by atoms with Gasteiger partial charge in [0.1, 0.15) is 17.4 Å². The van der Waals surface area contributed by atoms with Crippen LogP contribution >= 0.6 is 15.9 Å². The van der Waals surface area contributed by atoms with E-state index in [1.54, 1.807) is 6.20 Å². The average molecular weight is 303 g/mol. The van der Waals surface area contributed by atoms with Crippen molar-refractivity contribution in [2.24, 2.45) is 5.73 Å². The number of rotatable bonds is 2. The van der Waals surface area contributed by atoms with Gasteiger partial charge < -0.3 is 10.2 Å². The fourth-order valence-corrected chi connectivity index (χ4v) is 2.11. The van der Waals surface area contributed by atoms with Gasteiger partial charge in [0.15, 0.2) is 0 Å². The van der Waals surface area contributed by atoms with E-state index in [2.05, 4.69) is 20.9 Å². The van der Waals surface area contributed by atoms with Crippen LogP contribution in [0.3, 0.4) is 0 Å². The van der Waals surface area contributed by atoms with Gasteiger partial charge in [-0.15, -0.1) is 0 Å². The van der Waals surface area contributed by atoms with Crippen LogP contribution in [0.2, 0.25) is 0 Å². The highest BCUT2D eigenvalue weighted by Crippen LogP contribution is 2.26. The Labute approximate surface area is 113 Å². The summed E-state index contributed by atoms with van der Waals surface area (Å²) >= 11 is 3.35. The maximum Gasteiger partial charge on any atom is 0.134 e. The van der Waals surface area contributed by atoms with Gasteiger partial charge in [-0.1, -0.05) is 18.2 Å². The second-order valence-electron chi connectivity index (χ2n) is 4.07. The SMILES string of the molecule is NC(c1ccc(Br)cn1)c1cc2ccccc2o1. The molecule has 0 aliphatic rings. The van der Waals surface area contributed by atoms with Gasteiger partial charge in [0.2, 0.25) is 0 Å². The lowest BCUT2D eigenvalue weighted by Gasteiger charge is -2.07. The first kappa shape index (κ1) is 11.4. The molecule has 3 aromatic rings. The molecule has 3 rings (SSSR count). The molecule has 2 heterocycles. The van der Waals surface area contributed by atoms with Crippen molar-refractivity contribution in [2.75, 3.05) is 0 Å². The van der Waals surface area contributed by atoms with Gasteiger partial charge in [0, 0.05) is 16.1 Å². The van der Waals surface area contributed by atoms with Crippen LogP contribution in [0.1, 0.15) is 17.5 Å². The number of nitrogens with zero attached hydrogens (tertiary/aromatic N) is 1. The highest BCUT2D eigenvalue weighted by Gasteiger charge is 2.15. The largest absolute Gasteiger partial charge is 0.459 e. The molecule has 18 heavy (non-hydrogen) atoms. The molecule has 0 spiro atoms. The van der Waals surface area contributed by atoms with Crippen molar-refractivity contribution in [3.05, 3.63) is 64.6 Å². The summed E-state index contributed by atoms with van der Waals surface area (Å²) in [5, 5.41) is 1.06. The van der Waals surface area contributed by atoms with E-state index in [-0.39, 0.29) is 6.04 Å². The predicted molar refractivity (Wildman–Crippen MR) is 74.2 cm³/mol. The highest BCUT2D eigenvalue weighted by molar-refractivity contribution is 9.10. The molecule has 4 heteroatoms. The summed E-state index contributed by atoms with van der Waals surface area (Å²) in [7, 11) is 0. The van der Waals surface area contributed by atoms with Crippen LogP contribution in [0.15, 0.2) is 57.6 Å². The van der Waals surface area contributed by atoms with E-state index < -0.39 is 0 Å². The molecule has 1 atom stereocenters. The van der Waals surface area contributed by atoms with E-state index in [9.17, 15) is 0 Å². The van der Waals surface area contributed by atoms with E-state index in [4.69, 9.17) is 10.2 Å². The molecular formula is C14H11BrN2O. The number of halogens is 1. The number of benzene rings is 1. The third-order valence-electron chi connectivity index (χ3n) is 2.82. The lowest BCUT2D eigenvalue weighted by Crippen LogP contribution is -2.12. The van der Waals surface area contributed by atoms with Crippen LogP contribution in [-0.4, -0.2) is 4.98 Å². The first-order valence-corrected chi connectivity index (χ1v) is 6.39. The Hall–Kier alpha value is -1.65. The summed E-state index contributed by atoms with van der Waals surface area (Å²) in [4.78, 5) is 4.29. The minimum Gasteiger partial charge on any atom is -0.459 e. The molecule has 2 aromatic heterocycles. The maximum absolute atomic E-state index is 6.16. The highest BCUT2D eigenvalue weighted by atomic mass is 79.9. The average Bonchev–Trinajstić information content (AvgIpc) is 2.82. The van der Waals surface area contributed by atoms with Crippen molar-refractivity contribution in [2.45, 2.75) is 6.04 Å². The number of hydrogen-bond acceptors (Lipinski definition) is 3. The lowest BCUT2D eigenvalue weighted by atomic mass is 10.1. The van der Waals surface area contributed by atoms with Gasteiger partial charge >= 0.3 is 0 Å². The molecule has 0 amide bonds. The van der Waals surface area contributed by atoms with Gasteiger partial charge in [0.25, 0.3) is 0 Å². The molecule has 0 fully saturated rings. The fraction of sp³-hybridized carbons (Fsp3) is 0.0714. The Kier molecular flexibility index (Phi) is 2.89. The number of furan rings is 1. The first-order chi connectivity index (χ1) is 8.74. The molecule has 0 bridgehead atoms. The van der Waals surface area contributed by atoms with Gasteiger partial charge in [0.05, 0.1) is 5.69 Å². The zero-order valence-electron chi connectivity index (χ0n) is 9.51. The number of fused-ring (bicyclic) bond motifs is 1. The van der Waals surface area contributed by atoms with E-state index in [0.29, 0.717) is 0 Å². The second kappa shape index (κ2) is 4.55. The standard InChI is InChI=1S/C14H11BrN2O/c15-10-5-6-11(17-8-10)14(16)13-7-9-3-1-2-4-12(9)18-13/h1-8,14H,16H2. The van der Waals surface area contributed by atoms with Gasteiger partial charge in [-0.2, -0.15) is 0 Å². The minimum absolute atomic E-state index is 0.342. The Bertz CT molecular complexity index is 643. The smallest absolute Gasteiger partial charge is 0.134 e. The van der Waals surface area contributed by atoms with Crippen LogP contribution in [-0.2, 0) is 0 Å². The monoisotopic (exact) mass is 302 g/mol. The number of para-hydroxylation sites is 1. The normalized spacial score (nSPS) is 12.8. The molecule has 1 unspecified atom stereocenters. The van der Waals surface area contributed by atoms with Crippen molar-refractivity contribution >= 4 is 26.9 Å². The van der Waals surface area contributed by atoms with Crippen molar-refractivity contribution in [3.8, 4) is 0 Å². The van der Waals surface area contributed by atoms with Crippen LogP contribution in [0.4, 0.5) is 0 Å². The minimum atomic E-state index is -0.342. The Morgan fingerprint density at radius 3 is 2.72 bits per heavy atom. The third kappa shape index (κ3) is 2.05. The third-order valence-corrected chi connectivity index (χ3v) is 3.29. The lowest BCUT2D eigenvalue weighted by molar-refractivity contribution is 0.520. The topological polar surface area (TPSA) is 52.0 Å². The summed E-state index contributed by atoms with van der Waals surface area (Å²) in [6.45, 7) is 0. The molecular weight excluding hydrogens is 292 g/mol. The van der Waals surface area contributed by atoms with E-state index in [0.717, 1.165) is 26.9 Å². The van der Waals surface area contributed by atoms with Crippen LogP contribution in [0.25, 0.3) is 11.0 Å². The summed E-state index contributed by atoms with van der Waals surface area (Å²) in [6.07, 6.45) is 1.73. The zero-order chi connectivity index (χ0) is 12.5.